The second-order valence-electron chi connectivity index (χ2n) is 7.65. The van der Waals surface area contributed by atoms with Crippen molar-refractivity contribution >= 4 is 50.2 Å². The number of ether oxygens (including phenoxy) is 3. The Hall–Kier alpha value is -3.49. The molecule has 0 aliphatic heterocycles. The summed E-state index contributed by atoms with van der Waals surface area (Å²) in [5.41, 5.74) is 2.13. The molecule has 2 amide bonds. The van der Waals surface area contributed by atoms with Crippen LogP contribution >= 0.6 is 27.5 Å². The number of fused-ring (bicyclic) bond motifs is 1. The Balaban J connectivity index is 1.48. The molecule has 180 valence electrons. The molecule has 3 aromatic carbocycles. The zero-order valence-corrected chi connectivity index (χ0v) is 21.6. The van der Waals surface area contributed by atoms with Gasteiger partial charge in [0.1, 0.15) is 11.5 Å². The van der Waals surface area contributed by atoms with Gasteiger partial charge in [0.25, 0.3) is 0 Å². The molecule has 1 aromatic heterocycles. The van der Waals surface area contributed by atoms with Gasteiger partial charge in [0, 0.05) is 28.2 Å². The Morgan fingerprint density at radius 3 is 2.49 bits per heavy atom. The predicted molar refractivity (Wildman–Crippen MR) is 141 cm³/mol. The van der Waals surface area contributed by atoms with Crippen molar-refractivity contribution in [2.45, 2.75) is 13.0 Å². The summed E-state index contributed by atoms with van der Waals surface area (Å²) in [6.07, 6.45) is 1.65. The maximum Gasteiger partial charge on any atom is 0.319 e. The van der Waals surface area contributed by atoms with E-state index in [0.717, 1.165) is 15.4 Å². The molecule has 0 aliphatic carbocycles. The van der Waals surface area contributed by atoms with Gasteiger partial charge in [-0.2, -0.15) is 0 Å². The van der Waals surface area contributed by atoms with E-state index in [1.165, 1.54) is 0 Å². The highest BCUT2D eigenvalue weighted by molar-refractivity contribution is 9.10. The van der Waals surface area contributed by atoms with Crippen LogP contribution in [0.3, 0.4) is 0 Å². The fraction of sp³-hybridized carbons (Fsp3) is 0.154. The van der Waals surface area contributed by atoms with Gasteiger partial charge in [0.15, 0.2) is 11.5 Å². The van der Waals surface area contributed by atoms with Gasteiger partial charge in [-0.25, -0.2) is 4.79 Å². The SMILES string of the molecule is COc1cc2nccc(Oc3ccc(NC(=O)NC(C)c4cccc(Br)c4)c(Cl)c3)c2cc1OC. The minimum absolute atomic E-state index is 0.190. The highest BCUT2D eigenvalue weighted by atomic mass is 79.9. The summed E-state index contributed by atoms with van der Waals surface area (Å²) >= 11 is 9.89. The van der Waals surface area contributed by atoms with E-state index in [-0.39, 0.29) is 12.1 Å². The third kappa shape index (κ3) is 5.78. The first-order chi connectivity index (χ1) is 16.9. The Bertz CT molecular complexity index is 1380. The molecule has 2 N–H and O–H groups in total. The van der Waals surface area contributed by atoms with Crippen LogP contribution in [0.2, 0.25) is 5.02 Å². The summed E-state index contributed by atoms with van der Waals surface area (Å²) in [5.74, 6) is 2.23. The van der Waals surface area contributed by atoms with Crippen molar-refractivity contribution in [3.8, 4) is 23.0 Å². The number of methoxy groups -OCH3 is 2. The van der Waals surface area contributed by atoms with E-state index in [9.17, 15) is 4.79 Å². The van der Waals surface area contributed by atoms with E-state index in [0.29, 0.717) is 39.2 Å². The Labute approximate surface area is 216 Å². The van der Waals surface area contributed by atoms with Crippen LogP contribution in [0.1, 0.15) is 18.5 Å². The lowest BCUT2D eigenvalue weighted by Gasteiger charge is -2.16. The molecular formula is C26H23BrClN3O4. The standard InChI is InChI=1S/C26H23BrClN3O4/c1-15(16-5-4-6-17(27)11-16)30-26(32)31-21-8-7-18(12-20(21)28)35-23-9-10-29-22-14-25(34-3)24(33-2)13-19(22)23/h4-15H,1-3H3,(H2,30,31,32). The highest BCUT2D eigenvalue weighted by Gasteiger charge is 2.14. The number of pyridine rings is 1. The number of carbonyl (C=O) groups excluding carboxylic acids is 1. The van der Waals surface area contributed by atoms with Crippen molar-refractivity contribution in [3.05, 3.63) is 81.9 Å². The predicted octanol–water partition coefficient (Wildman–Crippen LogP) is 7.34. The van der Waals surface area contributed by atoms with E-state index >= 15 is 0 Å². The number of nitrogens with zero attached hydrogens (tertiary/aromatic N) is 1. The molecule has 0 spiro atoms. The molecule has 0 radical (unpaired) electrons. The summed E-state index contributed by atoms with van der Waals surface area (Å²) in [4.78, 5) is 16.9. The zero-order valence-electron chi connectivity index (χ0n) is 19.3. The van der Waals surface area contributed by atoms with Gasteiger partial charge >= 0.3 is 6.03 Å². The third-order valence-corrected chi connectivity index (χ3v) is 6.13. The molecule has 0 bridgehead atoms. The first-order valence-electron chi connectivity index (χ1n) is 10.7. The van der Waals surface area contributed by atoms with Crippen molar-refractivity contribution in [2.24, 2.45) is 0 Å². The van der Waals surface area contributed by atoms with E-state index < -0.39 is 0 Å². The van der Waals surface area contributed by atoms with Crippen LogP contribution in [-0.2, 0) is 0 Å². The first kappa shape index (κ1) is 24.6. The van der Waals surface area contributed by atoms with Gasteiger partial charge in [-0.1, -0.05) is 39.7 Å². The number of hydrogen-bond acceptors (Lipinski definition) is 5. The second-order valence-corrected chi connectivity index (χ2v) is 8.98. The number of aromatic nitrogens is 1. The topological polar surface area (TPSA) is 81.7 Å². The molecule has 1 atom stereocenters. The van der Waals surface area contributed by atoms with E-state index in [1.807, 2.05) is 37.3 Å². The summed E-state index contributed by atoms with van der Waals surface area (Å²) in [6.45, 7) is 1.91. The average molecular weight is 557 g/mol. The summed E-state index contributed by atoms with van der Waals surface area (Å²) in [5, 5.41) is 6.78. The number of hydrogen-bond donors (Lipinski definition) is 2. The van der Waals surface area contributed by atoms with Crippen LogP contribution < -0.4 is 24.8 Å². The summed E-state index contributed by atoms with van der Waals surface area (Å²) < 4.78 is 17.8. The number of benzene rings is 3. The van der Waals surface area contributed by atoms with Crippen molar-refractivity contribution in [1.82, 2.24) is 10.3 Å². The van der Waals surface area contributed by atoms with Gasteiger partial charge < -0.3 is 24.8 Å². The second kappa shape index (κ2) is 10.8. The number of anilines is 1. The smallest absolute Gasteiger partial charge is 0.319 e. The lowest BCUT2D eigenvalue weighted by atomic mass is 10.1. The summed E-state index contributed by atoms with van der Waals surface area (Å²) in [7, 11) is 3.14. The van der Waals surface area contributed by atoms with Gasteiger partial charge in [0.2, 0.25) is 0 Å². The molecule has 0 aliphatic rings. The van der Waals surface area contributed by atoms with Crippen molar-refractivity contribution in [2.75, 3.05) is 19.5 Å². The van der Waals surface area contributed by atoms with Gasteiger partial charge in [-0.15, -0.1) is 0 Å². The molecule has 35 heavy (non-hydrogen) atoms. The lowest BCUT2D eigenvalue weighted by molar-refractivity contribution is 0.249. The molecule has 0 saturated heterocycles. The molecule has 4 rings (SSSR count). The molecule has 7 nitrogen and oxygen atoms in total. The van der Waals surface area contributed by atoms with E-state index in [4.69, 9.17) is 25.8 Å². The largest absolute Gasteiger partial charge is 0.493 e. The number of rotatable bonds is 7. The van der Waals surface area contributed by atoms with Crippen LogP contribution in [0, 0.1) is 0 Å². The molecule has 0 fully saturated rings. The fourth-order valence-corrected chi connectivity index (χ4v) is 4.17. The van der Waals surface area contributed by atoms with Crippen molar-refractivity contribution in [3.63, 3.8) is 0 Å². The fourth-order valence-electron chi connectivity index (χ4n) is 3.54. The maximum absolute atomic E-state index is 12.5. The molecule has 0 saturated carbocycles. The number of amides is 2. The normalized spacial score (nSPS) is 11.6. The zero-order chi connectivity index (χ0) is 24.9. The molecule has 9 heteroatoms. The lowest BCUT2D eigenvalue weighted by Crippen LogP contribution is -2.31. The van der Waals surface area contributed by atoms with Crippen LogP contribution in [0.25, 0.3) is 10.9 Å². The Morgan fingerprint density at radius 2 is 1.77 bits per heavy atom. The van der Waals surface area contributed by atoms with Crippen LogP contribution in [0.4, 0.5) is 10.5 Å². The van der Waals surface area contributed by atoms with Crippen molar-refractivity contribution < 1.29 is 19.0 Å². The minimum Gasteiger partial charge on any atom is -0.493 e. The molecule has 1 unspecified atom stereocenters. The monoisotopic (exact) mass is 555 g/mol. The molecule has 4 aromatic rings. The molecular weight excluding hydrogens is 534 g/mol. The van der Waals surface area contributed by atoms with Crippen LogP contribution in [0.5, 0.6) is 23.0 Å². The van der Waals surface area contributed by atoms with Gasteiger partial charge in [0.05, 0.1) is 36.5 Å². The third-order valence-electron chi connectivity index (χ3n) is 5.32. The quantitative estimate of drug-likeness (QED) is 0.249. The van der Waals surface area contributed by atoms with Gasteiger partial charge in [-0.3, -0.25) is 4.98 Å². The van der Waals surface area contributed by atoms with Crippen LogP contribution in [0.15, 0.2) is 71.3 Å². The Kier molecular flexibility index (Phi) is 7.63. The van der Waals surface area contributed by atoms with E-state index in [2.05, 4.69) is 31.5 Å². The maximum atomic E-state index is 12.5. The summed E-state index contributed by atoms with van der Waals surface area (Å²) in [6, 6.07) is 17.6. The van der Waals surface area contributed by atoms with E-state index in [1.54, 1.807) is 50.7 Å². The number of halogens is 2. The number of carbonyl (C=O) groups is 1. The van der Waals surface area contributed by atoms with Gasteiger partial charge in [-0.05, 0) is 48.9 Å². The molecule has 1 heterocycles. The number of urea groups is 1. The Morgan fingerprint density at radius 1 is 1.00 bits per heavy atom. The van der Waals surface area contributed by atoms with Crippen molar-refractivity contribution in [1.29, 1.82) is 0 Å². The van der Waals surface area contributed by atoms with Crippen LogP contribution in [-0.4, -0.2) is 25.2 Å². The first-order valence-corrected chi connectivity index (χ1v) is 11.9. The minimum atomic E-state index is -0.366. The average Bonchev–Trinajstić information content (AvgIpc) is 2.85. The number of nitrogens with one attached hydrogen (secondary N) is 2. The highest BCUT2D eigenvalue weighted by Crippen LogP contribution is 2.38.